The third-order valence-corrected chi connectivity index (χ3v) is 5.76. The largest absolute Gasteiger partial charge is 0.419 e. The van der Waals surface area contributed by atoms with Crippen LogP contribution in [0.3, 0.4) is 0 Å². The molecule has 1 atom stereocenters. The molecule has 0 N–H and O–H groups in total. The van der Waals surface area contributed by atoms with Crippen LogP contribution >= 0.6 is 0 Å². The SMILES string of the molecule is Cc1nn(-c2ccccc2)c2c1C(c1ccccc1[N+](=O)[O-])C(C#N)=C(/N=C/c1ccccc1)O2. The summed E-state index contributed by atoms with van der Waals surface area (Å²) in [4.78, 5) is 16.0. The predicted molar refractivity (Wildman–Crippen MR) is 131 cm³/mol. The van der Waals surface area contributed by atoms with Crippen LogP contribution in [0.5, 0.6) is 5.88 Å². The number of rotatable bonds is 5. The fraction of sp³-hybridized carbons (Fsp3) is 0.0741. The van der Waals surface area contributed by atoms with Gasteiger partial charge in [-0.05, 0) is 24.6 Å². The Morgan fingerprint density at radius 2 is 1.71 bits per heavy atom. The van der Waals surface area contributed by atoms with Gasteiger partial charge in [0.25, 0.3) is 5.69 Å². The average molecular weight is 461 g/mol. The number of nitro groups is 1. The molecule has 0 saturated heterocycles. The van der Waals surface area contributed by atoms with E-state index in [1.165, 1.54) is 6.07 Å². The van der Waals surface area contributed by atoms with E-state index >= 15 is 0 Å². The van der Waals surface area contributed by atoms with Crippen molar-refractivity contribution in [3.63, 3.8) is 0 Å². The number of nitrogens with zero attached hydrogens (tertiary/aromatic N) is 5. The molecule has 0 amide bonds. The number of nitro benzene ring substituents is 1. The number of ether oxygens (including phenoxy) is 1. The zero-order valence-electron chi connectivity index (χ0n) is 18.7. The second-order valence-electron chi connectivity index (χ2n) is 7.90. The van der Waals surface area contributed by atoms with Crippen LogP contribution in [0.15, 0.2) is 101 Å². The van der Waals surface area contributed by atoms with Crippen molar-refractivity contribution in [3.05, 3.63) is 129 Å². The number of hydrogen-bond donors (Lipinski definition) is 0. The van der Waals surface area contributed by atoms with E-state index in [0.717, 1.165) is 11.3 Å². The van der Waals surface area contributed by atoms with Crippen molar-refractivity contribution in [3.8, 4) is 17.6 Å². The highest BCUT2D eigenvalue weighted by Gasteiger charge is 2.39. The van der Waals surface area contributed by atoms with Gasteiger partial charge in [0, 0.05) is 17.8 Å². The van der Waals surface area contributed by atoms with Crippen molar-refractivity contribution in [2.75, 3.05) is 0 Å². The van der Waals surface area contributed by atoms with Gasteiger partial charge < -0.3 is 4.74 Å². The van der Waals surface area contributed by atoms with Gasteiger partial charge in [-0.15, -0.1) is 0 Å². The summed E-state index contributed by atoms with van der Waals surface area (Å²) < 4.78 is 7.84. The molecule has 8 nitrogen and oxygen atoms in total. The maximum atomic E-state index is 11.9. The first-order valence-electron chi connectivity index (χ1n) is 10.9. The van der Waals surface area contributed by atoms with Crippen LogP contribution in [0.2, 0.25) is 0 Å². The van der Waals surface area contributed by atoms with E-state index in [-0.39, 0.29) is 17.1 Å². The highest BCUT2D eigenvalue weighted by molar-refractivity contribution is 5.80. The van der Waals surface area contributed by atoms with Crippen molar-refractivity contribution in [1.29, 1.82) is 5.26 Å². The van der Waals surface area contributed by atoms with Gasteiger partial charge in [0.05, 0.1) is 27.8 Å². The number of fused-ring (bicyclic) bond motifs is 1. The number of aromatic nitrogens is 2. The van der Waals surface area contributed by atoms with E-state index in [1.807, 2.05) is 60.7 Å². The lowest BCUT2D eigenvalue weighted by Crippen LogP contribution is -2.18. The molecular formula is C27H19N5O3. The fourth-order valence-corrected chi connectivity index (χ4v) is 4.20. The topological polar surface area (TPSA) is 106 Å². The lowest BCUT2D eigenvalue weighted by Gasteiger charge is -2.24. The van der Waals surface area contributed by atoms with Gasteiger partial charge in [-0.3, -0.25) is 10.1 Å². The normalized spacial score (nSPS) is 14.9. The third kappa shape index (κ3) is 3.96. The Balaban J connectivity index is 1.76. The first-order chi connectivity index (χ1) is 17.1. The summed E-state index contributed by atoms with van der Waals surface area (Å²) in [6, 6.07) is 27.4. The Kier molecular flexibility index (Phi) is 5.65. The van der Waals surface area contributed by atoms with Crippen LogP contribution in [0.1, 0.15) is 28.3 Å². The molecule has 0 radical (unpaired) electrons. The molecule has 5 rings (SSSR count). The highest BCUT2D eigenvalue weighted by Crippen LogP contribution is 2.47. The Morgan fingerprint density at radius 3 is 2.40 bits per heavy atom. The van der Waals surface area contributed by atoms with Gasteiger partial charge >= 0.3 is 0 Å². The molecule has 1 aliphatic heterocycles. The molecule has 35 heavy (non-hydrogen) atoms. The number of para-hydroxylation sites is 2. The third-order valence-electron chi connectivity index (χ3n) is 5.76. The number of nitriles is 1. The summed E-state index contributed by atoms with van der Waals surface area (Å²) in [5.74, 6) is -0.328. The Bertz CT molecular complexity index is 1520. The zero-order chi connectivity index (χ0) is 24.4. The Morgan fingerprint density at radius 1 is 1.06 bits per heavy atom. The molecule has 0 spiro atoms. The molecule has 3 aromatic carbocycles. The summed E-state index contributed by atoms with van der Waals surface area (Å²) in [5.41, 5.74) is 3.24. The van der Waals surface area contributed by atoms with E-state index in [2.05, 4.69) is 16.2 Å². The van der Waals surface area contributed by atoms with Gasteiger partial charge in [0.2, 0.25) is 11.8 Å². The quantitative estimate of drug-likeness (QED) is 0.223. The summed E-state index contributed by atoms with van der Waals surface area (Å²) in [7, 11) is 0. The van der Waals surface area contributed by atoms with Gasteiger partial charge in [0.1, 0.15) is 11.6 Å². The van der Waals surface area contributed by atoms with Crippen LogP contribution in [0, 0.1) is 28.4 Å². The second-order valence-corrected chi connectivity index (χ2v) is 7.90. The lowest BCUT2D eigenvalue weighted by atomic mass is 9.83. The Hall–Kier alpha value is -5.03. The summed E-state index contributed by atoms with van der Waals surface area (Å²) in [6.07, 6.45) is 1.60. The van der Waals surface area contributed by atoms with E-state index in [9.17, 15) is 15.4 Å². The maximum absolute atomic E-state index is 11.9. The lowest BCUT2D eigenvalue weighted by molar-refractivity contribution is -0.385. The smallest absolute Gasteiger partial charge is 0.273 e. The molecule has 1 aromatic heterocycles. The number of aliphatic imine (C=N–C) groups is 1. The summed E-state index contributed by atoms with van der Waals surface area (Å²) >= 11 is 0. The highest BCUT2D eigenvalue weighted by atomic mass is 16.6. The maximum Gasteiger partial charge on any atom is 0.273 e. The van der Waals surface area contributed by atoms with Crippen molar-refractivity contribution >= 4 is 11.9 Å². The van der Waals surface area contributed by atoms with Crippen molar-refractivity contribution in [2.24, 2.45) is 4.99 Å². The van der Waals surface area contributed by atoms with Gasteiger partial charge in [-0.1, -0.05) is 66.7 Å². The molecule has 1 aliphatic rings. The first kappa shape index (κ1) is 21.8. The van der Waals surface area contributed by atoms with Gasteiger partial charge in [0.15, 0.2) is 0 Å². The predicted octanol–water partition coefficient (Wildman–Crippen LogP) is 5.47. The molecular weight excluding hydrogens is 442 g/mol. The van der Waals surface area contributed by atoms with E-state index in [0.29, 0.717) is 22.7 Å². The molecule has 2 heterocycles. The minimum Gasteiger partial charge on any atom is -0.419 e. The number of benzene rings is 3. The van der Waals surface area contributed by atoms with Crippen molar-refractivity contribution in [1.82, 2.24) is 9.78 Å². The van der Waals surface area contributed by atoms with Crippen LogP contribution in [0.4, 0.5) is 5.69 Å². The first-order valence-corrected chi connectivity index (χ1v) is 10.9. The molecule has 8 heteroatoms. The minimum absolute atomic E-state index is 0.0732. The molecule has 0 bridgehead atoms. The van der Waals surface area contributed by atoms with Gasteiger partial charge in [-0.25, -0.2) is 9.67 Å². The molecule has 0 saturated carbocycles. The average Bonchev–Trinajstić information content (AvgIpc) is 3.23. The molecule has 1 unspecified atom stereocenters. The van der Waals surface area contributed by atoms with Gasteiger partial charge in [-0.2, -0.15) is 10.4 Å². The van der Waals surface area contributed by atoms with Crippen LogP contribution in [0.25, 0.3) is 5.69 Å². The van der Waals surface area contributed by atoms with Crippen LogP contribution in [-0.2, 0) is 0 Å². The number of aryl methyl sites for hydroxylation is 1. The number of allylic oxidation sites excluding steroid dienone is 1. The minimum atomic E-state index is -0.772. The monoisotopic (exact) mass is 461 g/mol. The Labute approximate surface area is 201 Å². The van der Waals surface area contributed by atoms with Crippen molar-refractivity contribution in [2.45, 2.75) is 12.8 Å². The second kappa shape index (κ2) is 9.08. The molecule has 170 valence electrons. The van der Waals surface area contributed by atoms with E-state index in [1.54, 1.807) is 36.0 Å². The summed E-state index contributed by atoms with van der Waals surface area (Å²) in [6.45, 7) is 1.80. The van der Waals surface area contributed by atoms with E-state index in [4.69, 9.17) is 4.74 Å². The molecule has 0 fully saturated rings. The molecule has 0 aliphatic carbocycles. The van der Waals surface area contributed by atoms with E-state index < -0.39 is 10.8 Å². The van der Waals surface area contributed by atoms with Crippen LogP contribution in [-0.4, -0.2) is 20.9 Å². The number of hydrogen-bond acceptors (Lipinski definition) is 6. The van der Waals surface area contributed by atoms with Crippen molar-refractivity contribution < 1.29 is 9.66 Å². The van der Waals surface area contributed by atoms with Crippen LogP contribution < -0.4 is 4.74 Å². The molecule has 4 aromatic rings. The standard InChI is InChI=1S/C27H19N5O3/c1-18-24-25(21-14-8-9-15-23(21)32(33)34)22(16-28)26(29-17-19-10-4-2-5-11-19)35-27(24)31(30-18)20-12-6-3-7-13-20/h2-15,17,25H,1H3/b29-17+. The summed E-state index contributed by atoms with van der Waals surface area (Å²) in [5, 5.41) is 26.8. The fourth-order valence-electron chi connectivity index (χ4n) is 4.20. The zero-order valence-corrected chi connectivity index (χ0v) is 18.7.